The Hall–Kier alpha value is -3.10. The van der Waals surface area contributed by atoms with E-state index in [1.165, 1.54) is 5.56 Å². The second kappa shape index (κ2) is 8.50. The van der Waals surface area contributed by atoms with Crippen molar-refractivity contribution in [3.63, 3.8) is 0 Å². The predicted molar refractivity (Wildman–Crippen MR) is 123 cm³/mol. The predicted octanol–water partition coefficient (Wildman–Crippen LogP) is 7.44. The van der Waals surface area contributed by atoms with Crippen LogP contribution < -0.4 is 4.74 Å². The first kappa shape index (κ1) is 19.2. The van der Waals surface area contributed by atoms with Crippen molar-refractivity contribution >= 4 is 34.3 Å². The number of aryl methyl sites for hydroxylation is 2. The zero-order valence-corrected chi connectivity index (χ0v) is 17.3. The molecule has 0 aliphatic carbocycles. The molecule has 3 heteroatoms. The van der Waals surface area contributed by atoms with Crippen LogP contribution in [0.3, 0.4) is 0 Å². The largest absolute Gasteiger partial charge is 0.488 e. The third kappa shape index (κ3) is 4.49. The summed E-state index contributed by atoms with van der Waals surface area (Å²) in [5, 5.41) is 3.00. The van der Waals surface area contributed by atoms with Crippen molar-refractivity contribution in [3.05, 3.63) is 106 Å². The summed E-state index contributed by atoms with van der Waals surface area (Å²) in [4.78, 5) is 4.79. The molecule has 2 nitrogen and oxygen atoms in total. The average Bonchev–Trinajstić information content (AvgIpc) is 2.74. The maximum absolute atomic E-state index is 6.18. The fourth-order valence-corrected chi connectivity index (χ4v) is 3.39. The van der Waals surface area contributed by atoms with Gasteiger partial charge in [-0.2, -0.15) is 0 Å². The number of hydrogen-bond acceptors (Lipinski definition) is 2. The maximum atomic E-state index is 6.18. The second-order valence-electron chi connectivity index (χ2n) is 7.16. The second-order valence-corrected chi connectivity index (χ2v) is 7.60. The van der Waals surface area contributed by atoms with Gasteiger partial charge in [-0.3, -0.25) is 4.99 Å². The molecule has 0 aliphatic rings. The lowest BCUT2D eigenvalue weighted by molar-refractivity contribution is 0.306. The molecule has 0 aliphatic heterocycles. The molecule has 0 saturated carbocycles. The minimum Gasteiger partial charge on any atom is -0.488 e. The van der Waals surface area contributed by atoms with Gasteiger partial charge >= 0.3 is 0 Å². The Kier molecular flexibility index (Phi) is 5.64. The quantitative estimate of drug-likeness (QED) is 0.319. The highest BCUT2D eigenvalue weighted by atomic mass is 35.5. The molecule has 0 aromatic heterocycles. The number of nitrogens with zero attached hydrogens (tertiary/aromatic N) is 1. The molecular weight excluding hydrogens is 378 g/mol. The van der Waals surface area contributed by atoms with Crippen molar-refractivity contribution in [3.8, 4) is 5.75 Å². The molecular formula is C26H22ClNO. The molecule has 29 heavy (non-hydrogen) atoms. The van der Waals surface area contributed by atoms with E-state index in [2.05, 4.69) is 50.2 Å². The zero-order chi connectivity index (χ0) is 20.2. The van der Waals surface area contributed by atoms with Crippen LogP contribution in [-0.2, 0) is 6.61 Å². The highest BCUT2D eigenvalue weighted by molar-refractivity contribution is 6.30. The van der Waals surface area contributed by atoms with Gasteiger partial charge in [0.2, 0.25) is 0 Å². The Balaban J connectivity index is 1.71. The highest BCUT2D eigenvalue weighted by Gasteiger charge is 2.08. The summed E-state index contributed by atoms with van der Waals surface area (Å²) < 4.78 is 6.18. The molecule has 0 atom stereocenters. The summed E-state index contributed by atoms with van der Waals surface area (Å²) in [6.45, 7) is 4.63. The molecule has 0 bridgehead atoms. The number of fused-ring (bicyclic) bond motifs is 1. The maximum Gasteiger partial charge on any atom is 0.129 e. The van der Waals surface area contributed by atoms with E-state index in [1.807, 2.05) is 48.7 Å². The van der Waals surface area contributed by atoms with Gasteiger partial charge in [0.05, 0.1) is 5.69 Å². The van der Waals surface area contributed by atoms with Gasteiger partial charge in [0.1, 0.15) is 12.4 Å². The van der Waals surface area contributed by atoms with Crippen molar-refractivity contribution in [1.82, 2.24) is 0 Å². The normalized spacial score (nSPS) is 11.3. The van der Waals surface area contributed by atoms with Crippen LogP contribution in [0.15, 0.2) is 83.9 Å². The minimum absolute atomic E-state index is 0.472. The van der Waals surface area contributed by atoms with E-state index in [0.29, 0.717) is 6.61 Å². The molecule has 0 radical (unpaired) electrons. The van der Waals surface area contributed by atoms with Crippen LogP contribution in [0.25, 0.3) is 10.8 Å². The van der Waals surface area contributed by atoms with E-state index in [-0.39, 0.29) is 0 Å². The lowest BCUT2D eigenvalue weighted by atomic mass is 10.0. The van der Waals surface area contributed by atoms with Crippen molar-refractivity contribution in [2.24, 2.45) is 4.99 Å². The number of benzene rings is 4. The first-order chi connectivity index (χ1) is 14.1. The smallest absolute Gasteiger partial charge is 0.129 e. The Morgan fingerprint density at radius 2 is 1.69 bits per heavy atom. The van der Waals surface area contributed by atoms with E-state index in [9.17, 15) is 0 Å². The summed E-state index contributed by atoms with van der Waals surface area (Å²) in [6.07, 6.45) is 1.92. The van der Waals surface area contributed by atoms with Crippen LogP contribution in [0, 0.1) is 13.8 Å². The van der Waals surface area contributed by atoms with E-state index < -0.39 is 0 Å². The van der Waals surface area contributed by atoms with E-state index in [4.69, 9.17) is 21.3 Å². The molecule has 0 N–H and O–H groups in total. The summed E-state index contributed by atoms with van der Waals surface area (Å²) in [5.74, 6) is 0.813. The van der Waals surface area contributed by atoms with Gasteiger partial charge in [0, 0.05) is 16.8 Å². The molecule has 4 aromatic carbocycles. The fraction of sp³-hybridized carbons (Fsp3) is 0.115. The van der Waals surface area contributed by atoms with Gasteiger partial charge in [-0.1, -0.05) is 66.2 Å². The molecule has 0 unspecified atom stereocenters. The van der Waals surface area contributed by atoms with Gasteiger partial charge in [0.15, 0.2) is 0 Å². The number of rotatable bonds is 5. The van der Waals surface area contributed by atoms with Crippen LogP contribution in [0.4, 0.5) is 5.69 Å². The third-order valence-electron chi connectivity index (χ3n) is 4.94. The van der Waals surface area contributed by atoms with Gasteiger partial charge in [-0.05, 0) is 65.6 Å². The molecule has 0 spiro atoms. The van der Waals surface area contributed by atoms with Crippen molar-refractivity contribution in [2.75, 3.05) is 0 Å². The van der Waals surface area contributed by atoms with Crippen LogP contribution >= 0.6 is 11.6 Å². The fourth-order valence-electron chi connectivity index (χ4n) is 3.27. The Labute approximate surface area is 176 Å². The van der Waals surface area contributed by atoms with Crippen molar-refractivity contribution < 1.29 is 4.74 Å². The highest BCUT2D eigenvalue weighted by Crippen LogP contribution is 2.29. The number of aliphatic imine (C=N–C) groups is 1. The number of hydrogen-bond donors (Lipinski definition) is 0. The molecule has 144 valence electrons. The summed E-state index contributed by atoms with van der Waals surface area (Å²) in [5.41, 5.74) is 5.37. The Morgan fingerprint density at radius 3 is 2.52 bits per heavy atom. The summed E-state index contributed by atoms with van der Waals surface area (Å²) >= 11 is 5.98. The average molecular weight is 400 g/mol. The van der Waals surface area contributed by atoms with Crippen LogP contribution in [0.2, 0.25) is 5.02 Å². The standard InChI is InChI=1S/C26H22ClNO/c1-18-7-8-19(2)25(15-18)28-16-24-23-6-4-3-5-21(23)11-14-26(24)29-17-20-9-12-22(27)13-10-20/h3-16H,17H2,1-2H3. The summed E-state index contributed by atoms with van der Waals surface area (Å²) in [6, 6.07) is 26.4. The van der Waals surface area contributed by atoms with Crippen molar-refractivity contribution in [1.29, 1.82) is 0 Å². The molecule has 0 fully saturated rings. The van der Waals surface area contributed by atoms with Gasteiger partial charge in [0.25, 0.3) is 0 Å². The first-order valence-electron chi connectivity index (χ1n) is 9.60. The third-order valence-corrected chi connectivity index (χ3v) is 5.19. The van der Waals surface area contributed by atoms with Crippen LogP contribution in [0.1, 0.15) is 22.3 Å². The van der Waals surface area contributed by atoms with Crippen LogP contribution in [0.5, 0.6) is 5.75 Å². The lowest BCUT2D eigenvalue weighted by Gasteiger charge is -2.12. The molecule has 4 aromatic rings. The molecule has 0 amide bonds. The number of halogens is 1. The van der Waals surface area contributed by atoms with Crippen molar-refractivity contribution in [2.45, 2.75) is 20.5 Å². The molecule has 0 heterocycles. The first-order valence-corrected chi connectivity index (χ1v) is 9.98. The number of ether oxygens (including phenoxy) is 1. The summed E-state index contributed by atoms with van der Waals surface area (Å²) in [7, 11) is 0. The molecule has 0 saturated heterocycles. The topological polar surface area (TPSA) is 21.6 Å². The van der Waals surface area contributed by atoms with Gasteiger partial charge in [-0.15, -0.1) is 0 Å². The van der Waals surface area contributed by atoms with Crippen LogP contribution in [-0.4, -0.2) is 6.21 Å². The lowest BCUT2D eigenvalue weighted by Crippen LogP contribution is -1.99. The van der Waals surface area contributed by atoms with Gasteiger partial charge < -0.3 is 4.74 Å². The Bertz CT molecular complexity index is 1180. The minimum atomic E-state index is 0.472. The van der Waals surface area contributed by atoms with E-state index >= 15 is 0 Å². The van der Waals surface area contributed by atoms with E-state index in [1.54, 1.807) is 0 Å². The zero-order valence-electron chi connectivity index (χ0n) is 16.5. The SMILES string of the molecule is Cc1ccc(C)c(N=Cc2c(OCc3ccc(Cl)cc3)ccc3ccccc23)c1. The Morgan fingerprint density at radius 1 is 0.897 bits per heavy atom. The molecule has 4 rings (SSSR count). The monoisotopic (exact) mass is 399 g/mol. The van der Waals surface area contributed by atoms with Gasteiger partial charge in [-0.25, -0.2) is 0 Å². The van der Waals surface area contributed by atoms with E-state index in [0.717, 1.165) is 43.9 Å².